The number of rotatable bonds is 5. The first kappa shape index (κ1) is 22.2. The van der Waals surface area contributed by atoms with E-state index in [1.54, 1.807) is 5.57 Å². The van der Waals surface area contributed by atoms with Crippen LogP contribution in [0.15, 0.2) is 11.6 Å². The van der Waals surface area contributed by atoms with Crippen LogP contribution in [-0.4, -0.2) is 16.5 Å². The van der Waals surface area contributed by atoms with Crippen LogP contribution in [0.1, 0.15) is 112 Å². The molecule has 0 aromatic carbocycles. The van der Waals surface area contributed by atoms with Crippen molar-refractivity contribution >= 4 is 5.78 Å². The van der Waals surface area contributed by atoms with E-state index < -0.39 is 5.60 Å². The highest BCUT2D eigenvalue weighted by atomic mass is 16.3. The first-order valence-corrected chi connectivity index (χ1v) is 13.6. The number of fused-ring (bicyclic) bond motifs is 6. The normalized spacial score (nSPS) is 46.4. The summed E-state index contributed by atoms with van der Waals surface area (Å²) < 4.78 is 0. The third-order valence-electron chi connectivity index (χ3n) is 11.6. The molecule has 4 fully saturated rings. The number of carbonyl (C=O) groups excluding carboxylic acids is 1. The van der Waals surface area contributed by atoms with E-state index in [-0.39, 0.29) is 16.2 Å². The van der Waals surface area contributed by atoms with Gasteiger partial charge in [0, 0.05) is 6.42 Å². The van der Waals surface area contributed by atoms with Crippen LogP contribution in [0.2, 0.25) is 0 Å². The second-order valence-electron chi connectivity index (χ2n) is 13.3. The zero-order valence-electron chi connectivity index (χ0n) is 20.8. The van der Waals surface area contributed by atoms with Gasteiger partial charge >= 0.3 is 0 Å². The van der Waals surface area contributed by atoms with Crippen LogP contribution in [0, 0.1) is 45.8 Å². The van der Waals surface area contributed by atoms with E-state index in [2.05, 4.69) is 40.7 Å². The van der Waals surface area contributed by atoms with Gasteiger partial charge in [-0.15, -0.1) is 0 Å². The van der Waals surface area contributed by atoms with E-state index in [0.717, 1.165) is 56.8 Å². The van der Waals surface area contributed by atoms with Gasteiger partial charge in [-0.1, -0.05) is 59.1 Å². The van der Waals surface area contributed by atoms with Crippen LogP contribution < -0.4 is 0 Å². The van der Waals surface area contributed by atoms with Gasteiger partial charge in [0.05, 0.1) is 11.0 Å². The molecule has 174 valence electrons. The van der Waals surface area contributed by atoms with E-state index in [4.69, 9.17) is 0 Å². The van der Waals surface area contributed by atoms with Crippen LogP contribution in [-0.2, 0) is 4.79 Å². The predicted octanol–water partition coefficient (Wildman–Crippen LogP) is 7.10. The molecule has 0 unspecified atom stereocenters. The Bertz CT molecular complexity index is 776. The van der Waals surface area contributed by atoms with Crippen LogP contribution in [0.5, 0.6) is 0 Å². The van der Waals surface area contributed by atoms with Crippen LogP contribution in [0.4, 0.5) is 0 Å². The minimum atomic E-state index is -0.495. The van der Waals surface area contributed by atoms with Crippen LogP contribution in [0.25, 0.3) is 0 Å². The van der Waals surface area contributed by atoms with Crippen molar-refractivity contribution in [3.8, 4) is 0 Å². The maximum Gasteiger partial charge on any atom is 0.143 e. The molecule has 7 atom stereocenters. The van der Waals surface area contributed by atoms with Gasteiger partial charge < -0.3 is 5.11 Å². The molecule has 0 aliphatic heterocycles. The first-order chi connectivity index (χ1) is 14.6. The van der Waals surface area contributed by atoms with Crippen molar-refractivity contribution in [2.45, 2.75) is 117 Å². The minimum absolute atomic E-state index is 0.0416. The molecular weight excluding hydrogens is 380 g/mol. The summed E-state index contributed by atoms with van der Waals surface area (Å²) in [5, 5.41) is 12.1. The second kappa shape index (κ2) is 7.18. The fourth-order valence-electron chi connectivity index (χ4n) is 9.52. The highest BCUT2D eigenvalue weighted by Gasteiger charge is 2.68. The molecule has 0 radical (unpaired) electrons. The van der Waals surface area contributed by atoms with E-state index in [0.29, 0.717) is 23.5 Å². The van der Waals surface area contributed by atoms with Crippen molar-refractivity contribution < 1.29 is 9.90 Å². The molecule has 2 nitrogen and oxygen atoms in total. The van der Waals surface area contributed by atoms with Gasteiger partial charge in [-0.05, 0) is 98.2 Å². The number of Topliss-reactive ketones (excluding diaryl/α,β-unsaturated/α-hetero) is 1. The van der Waals surface area contributed by atoms with Crippen LogP contribution in [0.3, 0.4) is 0 Å². The lowest BCUT2D eigenvalue weighted by atomic mass is 9.45. The van der Waals surface area contributed by atoms with Crippen LogP contribution >= 0.6 is 0 Å². The van der Waals surface area contributed by atoms with Gasteiger partial charge in [0.2, 0.25) is 0 Å². The molecule has 0 bridgehead atoms. The van der Waals surface area contributed by atoms with Crippen molar-refractivity contribution in [3.05, 3.63) is 11.6 Å². The van der Waals surface area contributed by atoms with Crippen molar-refractivity contribution in [1.29, 1.82) is 0 Å². The Morgan fingerprint density at radius 3 is 2.39 bits per heavy atom. The van der Waals surface area contributed by atoms with E-state index in [9.17, 15) is 9.90 Å². The summed E-state index contributed by atoms with van der Waals surface area (Å²) in [6, 6.07) is 0. The summed E-state index contributed by atoms with van der Waals surface area (Å²) in [6.45, 7) is 11.9. The summed E-state index contributed by atoms with van der Waals surface area (Å²) in [5.74, 6) is 3.76. The molecule has 5 aliphatic carbocycles. The van der Waals surface area contributed by atoms with Gasteiger partial charge in [0.1, 0.15) is 5.78 Å². The molecule has 2 heteroatoms. The molecule has 5 aliphatic rings. The Kier molecular flexibility index (Phi) is 5.14. The van der Waals surface area contributed by atoms with Gasteiger partial charge in [-0.3, -0.25) is 4.79 Å². The Morgan fingerprint density at radius 1 is 1.00 bits per heavy atom. The molecule has 5 rings (SSSR count). The number of ketones is 1. The third-order valence-corrected chi connectivity index (χ3v) is 11.6. The van der Waals surface area contributed by atoms with Crippen molar-refractivity contribution in [2.24, 2.45) is 45.8 Å². The molecule has 31 heavy (non-hydrogen) atoms. The Labute approximate surface area is 190 Å². The average Bonchev–Trinajstić information content (AvgIpc) is 3.45. The SMILES string of the molecule is CC(C)CCC[C@@H](C)[C@]1(O)CC[C@H]2[C@@H]3CC=C4C5(CC5)C(=O)CC[C@]4(C)[C@H]3CC[C@@]21C. The smallest absolute Gasteiger partial charge is 0.143 e. The highest BCUT2D eigenvalue weighted by Crippen LogP contribution is 2.72. The summed E-state index contributed by atoms with van der Waals surface area (Å²) in [5.41, 5.74) is 1.31. The maximum atomic E-state index is 12.8. The standard InChI is InChI=1S/C29H46O2/c1-19(2)7-6-8-20(3)29(31)16-12-23-21-9-10-24-26(4,22(21)11-15-27(23,29)5)14-13-25(30)28(24)17-18-28/h10,19-23,31H,6-9,11-18H2,1-5H3/t20-,21-,22+,23+,26-,27+,29-/m1/s1. The lowest BCUT2D eigenvalue weighted by molar-refractivity contribution is -0.152. The average molecular weight is 427 g/mol. The Balaban J connectivity index is 1.39. The molecule has 4 saturated carbocycles. The number of allylic oxidation sites excluding steroid dienone is 2. The van der Waals surface area contributed by atoms with Crippen molar-refractivity contribution in [1.82, 2.24) is 0 Å². The predicted molar refractivity (Wildman–Crippen MR) is 127 cm³/mol. The summed E-state index contributed by atoms with van der Waals surface area (Å²) >= 11 is 0. The summed E-state index contributed by atoms with van der Waals surface area (Å²) in [6.07, 6.45) is 16.1. The van der Waals surface area contributed by atoms with E-state index in [1.807, 2.05) is 0 Å². The zero-order valence-corrected chi connectivity index (χ0v) is 20.8. The Hall–Kier alpha value is -0.630. The van der Waals surface area contributed by atoms with Crippen molar-refractivity contribution in [3.63, 3.8) is 0 Å². The summed E-state index contributed by atoms with van der Waals surface area (Å²) in [7, 11) is 0. The molecule has 0 amide bonds. The van der Waals surface area contributed by atoms with Gasteiger partial charge in [-0.25, -0.2) is 0 Å². The lowest BCUT2D eigenvalue weighted by Gasteiger charge is -2.60. The molecule has 1 N–H and O–H groups in total. The van der Waals surface area contributed by atoms with Gasteiger partial charge in [0.25, 0.3) is 0 Å². The first-order valence-electron chi connectivity index (χ1n) is 13.6. The monoisotopic (exact) mass is 426 g/mol. The highest BCUT2D eigenvalue weighted by molar-refractivity contribution is 5.92. The topological polar surface area (TPSA) is 37.3 Å². The summed E-state index contributed by atoms with van der Waals surface area (Å²) in [4.78, 5) is 12.8. The van der Waals surface area contributed by atoms with Gasteiger partial charge in [-0.2, -0.15) is 0 Å². The number of carbonyl (C=O) groups is 1. The molecule has 0 heterocycles. The largest absolute Gasteiger partial charge is 0.389 e. The van der Waals surface area contributed by atoms with E-state index in [1.165, 1.54) is 32.1 Å². The molecule has 0 saturated heterocycles. The van der Waals surface area contributed by atoms with E-state index >= 15 is 0 Å². The number of aliphatic hydroxyl groups is 1. The number of hydrogen-bond donors (Lipinski definition) is 1. The fourth-order valence-corrected chi connectivity index (χ4v) is 9.52. The molecular formula is C29H46O2. The lowest BCUT2D eigenvalue weighted by Crippen LogP contribution is -2.57. The molecule has 0 aromatic heterocycles. The third kappa shape index (κ3) is 2.95. The fraction of sp³-hybridized carbons (Fsp3) is 0.897. The maximum absolute atomic E-state index is 12.8. The quantitative estimate of drug-likeness (QED) is 0.476. The zero-order chi connectivity index (χ0) is 22.2. The molecule has 1 spiro atoms. The second-order valence-corrected chi connectivity index (χ2v) is 13.3. The number of hydrogen-bond acceptors (Lipinski definition) is 2. The molecule has 0 aromatic rings. The van der Waals surface area contributed by atoms with Crippen molar-refractivity contribution in [2.75, 3.05) is 0 Å². The minimum Gasteiger partial charge on any atom is -0.389 e. The Morgan fingerprint density at radius 2 is 1.71 bits per heavy atom. The van der Waals surface area contributed by atoms with Gasteiger partial charge in [0.15, 0.2) is 0 Å².